The van der Waals surface area contributed by atoms with Gasteiger partial charge in [0.05, 0.1) is 0 Å². The standard InChI is InChI=1S/C7H13NS3/c1-10-5-2-3-8-4-6-11-7(8)9/h2-6H2,1H3. The SMILES string of the molecule is CSCCCN1CCSC1=S. The van der Waals surface area contributed by atoms with Gasteiger partial charge in [-0.3, -0.25) is 0 Å². The Bertz CT molecular complexity index is 138. The van der Waals surface area contributed by atoms with E-state index in [1.165, 1.54) is 17.9 Å². The molecule has 1 saturated heterocycles. The number of rotatable bonds is 4. The lowest BCUT2D eigenvalue weighted by Gasteiger charge is -2.15. The van der Waals surface area contributed by atoms with Crippen molar-refractivity contribution in [2.45, 2.75) is 6.42 Å². The molecular formula is C7H13NS3. The summed E-state index contributed by atoms with van der Waals surface area (Å²) in [5, 5.41) is 0. The van der Waals surface area contributed by atoms with Crippen molar-refractivity contribution in [3.63, 3.8) is 0 Å². The Morgan fingerprint density at radius 1 is 1.73 bits per heavy atom. The molecule has 0 unspecified atom stereocenters. The van der Waals surface area contributed by atoms with E-state index in [1.54, 1.807) is 0 Å². The first-order valence-electron chi connectivity index (χ1n) is 3.75. The van der Waals surface area contributed by atoms with Crippen molar-refractivity contribution in [1.29, 1.82) is 0 Å². The molecule has 0 spiro atoms. The molecule has 1 fully saturated rings. The number of thiocarbonyl (C=S) groups is 1. The highest BCUT2D eigenvalue weighted by Gasteiger charge is 2.15. The average Bonchev–Trinajstić information content (AvgIpc) is 2.37. The van der Waals surface area contributed by atoms with E-state index in [0.29, 0.717) is 0 Å². The van der Waals surface area contributed by atoms with Crippen molar-refractivity contribution in [1.82, 2.24) is 4.90 Å². The highest BCUT2D eigenvalue weighted by molar-refractivity contribution is 8.23. The minimum Gasteiger partial charge on any atom is -0.357 e. The lowest BCUT2D eigenvalue weighted by molar-refractivity contribution is 0.468. The maximum Gasteiger partial charge on any atom is 0.136 e. The second kappa shape index (κ2) is 5.27. The minimum atomic E-state index is 1.10. The first kappa shape index (κ1) is 9.68. The molecule has 1 heterocycles. The summed E-state index contributed by atoms with van der Waals surface area (Å²) in [6, 6.07) is 0. The van der Waals surface area contributed by atoms with Crippen LogP contribution in [0.15, 0.2) is 0 Å². The molecule has 0 aromatic rings. The summed E-state index contributed by atoms with van der Waals surface area (Å²) in [7, 11) is 0. The van der Waals surface area contributed by atoms with Crippen LogP contribution in [-0.4, -0.2) is 40.1 Å². The maximum absolute atomic E-state index is 5.17. The Morgan fingerprint density at radius 3 is 3.09 bits per heavy atom. The Morgan fingerprint density at radius 2 is 2.55 bits per heavy atom. The number of nitrogens with zero attached hydrogens (tertiary/aromatic N) is 1. The van der Waals surface area contributed by atoms with Gasteiger partial charge in [-0.15, -0.1) is 0 Å². The van der Waals surface area contributed by atoms with Gasteiger partial charge in [-0.05, 0) is 18.4 Å². The molecule has 1 rings (SSSR count). The molecule has 0 aromatic carbocycles. The molecule has 0 atom stereocenters. The van der Waals surface area contributed by atoms with E-state index in [2.05, 4.69) is 11.2 Å². The van der Waals surface area contributed by atoms with Crippen molar-refractivity contribution in [3.8, 4) is 0 Å². The fourth-order valence-corrected chi connectivity index (χ4v) is 2.73. The fraction of sp³-hybridized carbons (Fsp3) is 0.857. The zero-order chi connectivity index (χ0) is 8.10. The molecule has 0 aliphatic carbocycles. The first-order chi connectivity index (χ1) is 5.34. The van der Waals surface area contributed by atoms with Crippen LogP contribution >= 0.6 is 35.7 Å². The van der Waals surface area contributed by atoms with Gasteiger partial charge in [-0.25, -0.2) is 0 Å². The molecule has 11 heavy (non-hydrogen) atoms. The van der Waals surface area contributed by atoms with Crippen LogP contribution in [0, 0.1) is 0 Å². The molecule has 4 heteroatoms. The molecule has 0 saturated carbocycles. The fourth-order valence-electron chi connectivity index (χ4n) is 1.03. The van der Waals surface area contributed by atoms with E-state index in [1.807, 2.05) is 23.5 Å². The predicted molar refractivity (Wildman–Crippen MR) is 59.6 cm³/mol. The molecule has 0 bridgehead atoms. The Hall–Kier alpha value is 0.590. The molecule has 0 N–H and O–H groups in total. The normalized spacial score (nSPS) is 17.9. The zero-order valence-corrected chi connectivity index (χ0v) is 9.16. The average molecular weight is 207 g/mol. The first-order valence-corrected chi connectivity index (χ1v) is 6.54. The van der Waals surface area contributed by atoms with Gasteiger partial charge in [0.2, 0.25) is 0 Å². The van der Waals surface area contributed by atoms with E-state index in [0.717, 1.165) is 17.4 Å². The van der Waals surface area contributed by atoms with Gasteiger partial charge in [0.25, 0.3) is 0 Å². The van der Waals surface area contributed by atoms with Crippen molar-refractivity contribution in [2.75, 3.05) is 30.9 Å². The van der Waals surface area contributed by atoms with Gasteiger partial charge in [0.15, 0.2) is 0 Å². The van der Waals surface area contributed by atoms with Crippen LogP contribution in [0.25, 0.3) is 0 Å². The minimum absolute atomic E-state index is 1.10. The summed E-state index contributed by atoms with van der Waals surface area (Å²) in [4.78, 5) is 2.32. The highest BCUT2D eigenvalue weighted by atomic mass is 32.2. The molecule has 1 aliphatic rings. The van der Waals surface area contributed by atoms with E-state index in [9.17, 15) is 0 Å². The summed E-state index contributed by atoms with van der Waals surface area (Å²) in [6.45, 7) is 2.32. The summed E-state index contributed by atoms with van der Waals surface area (Å²) < 4.78 is 1.10. The number of hydrogen-bond acceptors (Lipinski definition) is 3. The van der Waals surface area contributed by atoms with E-state index in [-0.39, 0.29) is 0 Å². The van der Waals surface area contributed by atoms with E-state index in [4.69, 9.17) is 12.2 Å². The van der Waals surface area contributed by atoms with Gasteiger partial charge in [0, 0.05) is 18.8 Å². The molecule has 0 amide bonds. The lowest BCUT2D eigenvalue weighted by atomic mass is 10.4. The van der Waals surface area contributed by atoms with Gasteiger partial charge >= 0.3 is 0 Å². The van der Waals surface area contributed by atoms with Crippen LogP contribution < -0.4 is 0 Å². The summed E-state index contributed by atoms with van der Waals surface area (Å²) in [6.07, 6.45) is 3.42. The van der Waals surface area contributed by atoms with Crippen molar-refractivity contribution in [2.24, 2.45) is 0 Å². The van der Waals surface area contributed by atoms with Crippen LogP contribution in [0.3, 0.4) is 0 Å². The highest BCUT2D eigenvalue weighted by Crippen LogP contribution is 2.17. The summed E-state index contributed by atoms with van der Waals surface area (Å²) in [5.41, 5.74) is 0. The Labute approximate surface area is 82.3 Å². The van der Waals surface area contributed by atoms with E-state index >= 15 is 0 Å². The third kappa shape index (κ3) is 3.22. The van der Waals surface area contributed by atoms with Crippen LogP contribution in [0.2, 0.25) is 0 Å². The monoisotopic (exact) mass is 207 g/mol. The molecule has 64 valence electrons. The third-order valence-corrected chi connectivity index (χ3v) is 3.82. The number of thioether (sulfide) groups is 2. The summed E-state index contributed by atoms with van der Waals surface area (Å²) in [5.74, 6) is 2.45. The Balaban J connectivity index is 2.10. The molecule has 0 aromatic heterocycles. The Kier molecular flexibility index (Phi) is 4.64. The van der Waals surface area contributed by atoms with Crippen LogP contribution in [-0.2, 0) is 0 Å². The van der Waals surface area contributed by atoms with Crippen molar-refractivity contribution in [3.05, 3.63) is 0 Å². The van der Waals surface area contributed by atoms with Crippen LogP contribution in [0.4, 0.5) is 0 Å². The molecular weight excluding hydrogens is 194 g/mol. The maximum atomic E-state index is 5.17. The van der Waals surface area contributed by atoms with Crippen LogP contribution in [0.1, 0.15) is 6.42 Å². The number of hydrogen-bond donors (Lipinski definition) is 0. The van der Waals surface area contributed by atoms with Crippen LogP contribution in [0.5, 0.6) is 0 Å². The lowest BCUT2D eigenvalue weighted by Crippen LogP contribution is -2.24. The predicted octanol–water partition coefficient (Wildman–Crippen LogP) is 2.07. The van der Waals surface area contributed by atoms with Crippen molar-refractivity contribution >= 4 is 40.1 Å². The summed E-state index contributed by atoms with van der Waals surface area (Å²) >= 11 is 8.90. The van der Waals surface area contributed by atoms with Gasteiger partial charge in [-0.2, -0.15) is 11.8 Å². The molecule has 1 nitrogen and oxygen atoms in total. The largest absolute Gasteiger partial charge is 0.357 e. The third-order valence-electron chi connectivity index (χ3n) is 1.62. The van der Waals surface area contributed by atoms with E-state index < -0.39 is 0 Å². The molecule has 1 aliphatic heterocycles. The smallest absolute Gasteiger partial charge is 0.136 e. The quantitative estimate of drug-likeness (QED) is 0.512. The van der Waals surface area contributed by atoms with Gasteiger partial charge in [-0.1, -0.05) is 24.0 Å². The second-order valence-electron chi connectivity index (χ2n) is 2.45. The zero-order valence-electron chi connectivity index (χ0n) is 6.71. The topological polar surface area (TPSA) is 3.24 Å². The van der Waals surface area contributed by atoms with Gasteiger partial charge < -0.3 is 4.90 Å². The van der Waals surface area contributed by atoms with Crippen molar-refractivity contribution < 1.29 is 0 Å². The molecule has 0 radical (unpaired) electrons. The second-order valence-corrected chi connectivity index (χ2v) is 5.16. The van der Waals surface area contributed by atoms with Gasteiger partial charge in [0.1, 0.15) is 4.32 Å².